The summed E-state index contributed by atoms with van der Waals surface area (Å²) < 4.78 is 0. The molecule has 3 nitrogen and oxygen atoms in total. The van der Waals surface area contributed by atoms with Gasteiger partial charge in [0.1, 0.15) is 0 Å². The lowest BCUT2D eigenvalue weighted by Crippen LogP contribution is -2.22. The van der Waals surface area contributed by atoms with E-state index in [1.54, 1.807) is 0 Å². The lowest BCUT2D eigenvalue weighted by atomic mass is 9.86. The van der Waals surface area contributed by atoms with Gasteiger partial charge in [0.2, 0.25) is 0 Å². The Morgan fingerprint density at radius 1 is 1.47 bits per heavy atom. The topological polar surface area (TPSA) is 55.1 Å². The molecule has 0 heterocycles. The zero-order valence-electron chi connectivity index (χ0n) is 10.2. The summed E-state index contributed by atoms with van der Waals surface area (Å²) in [5, 5.41) is 3.20. The minimum Gasteiger partial charge on any atom is -0.403 e. The van der Waals surface area contributed by atoms with Gasteiger partial charge < -0.3 is 11.1 Å². The Labute approximate surface area is 102 Å². The zero-order valence-corrected chi connectivity index (χ0v) is 10.2. The van der Waals surface area contributed by atoms with Crippen LogP contribution in [0.4, 0.5) is 0 Å². The largest absolute Gasteiger partial charge is 0.403 e. The van der Waals surface area contributed by atoms with Gasteiger partial charge in [0.15, 0.2) is 6.29 Å². The van der Waals surface area contributed by atoms with Gasteiger partial charge in [-0.1, -0.05) is 38.1 Å². The maximum absolute atomic E-state index is 10.8. The van der Waals surface area contributed by atoms with Gasteiger partial charge in [0.25, 0.3) is 0 Å². The van der Waals surface area contributed by atoms with Crippen LogP contribution in [0.1, 0.15) is 37.4 Å². The molecule has 0 radical (unpaired) electrons. The van der Waals surface area contributed by atoms with E-state index in [9.17, 15) is 4.79 Å². The number of hydrogen-bond donors (Lipinski definition) is 2. The van der Waals surface area contributed by atoms with Gasteiger partial charge in [-0.05, 0) is 23.0 Å². The number of fused-ring (bicyclic) bond motifs is 1. The van der Waals surface area contributed by atoms with Gasteiger partial charge in [-0.2, -0.15) is 0 Å². The molecule has 1 aliphatic carbocycles. The van der Waals surface area contributed by atoms with E-state index in [0.29, 0.717) is 5.70 Å². The van der Waals surface area contributed by atoms with Crippen molar-refractivity contribution in [1.29, 1.82) is 0 Å². The number of hydrogen-bond acceptors (Lipinski definition) is 3. The fraction of sp³-hybridized carbons (Fsp3) is 0.357. The molecule has 1 unspecified atom stereocenters. The molecule has 1 aliphatic rings. The van der Waals surface area contributed by atoms with E-state index in [4.69, 9.17) is 5.73 Å². The van der Waals surface area contributed by atoms with Gasteiger partial charge in [0.05, 0.1) is 11.7 Å². The van der Waals surface area contributed by atoms with E-state index >= 15 is 0 Å². The van der Waals surface area contributed by atoms with Crippen molar-refractivity contribution < 1.29 is 4.79 Å². The molecule has 2 rings (SSSR count). The van der Waals surface area contributed by atoms with Crippen LogP contribution in [0, 0.1) is 0 Å². The molecule has 1 aromatic carbocycles. The van der Waals surface area contributed by atoms with Gasteiger partial charge >= 0.3 is 0 Å². The Morgan fingerprint density at radius 2 is 2.18 bits per heavy atom. The van der Waals surface area contributed by atoms with Crippen LogP contribution in [0.3, 0.4) is 0 Å². The zero-order chi connectivity index (χ0) is 12.5. The van der Waals surface area contributed by atoms with Crippen molar-refractivity contribution in [3.8, 4) is 0 Å². The predicted molar refractivity (Wildman–Crippen MR) is 68.3 cm³/mol. The average Bonchev–Trinajstić information content (AvgIpc) is 2.59. The van der Waals surface area contributed by atoms with Gasteiger partial charge in [-0.25, -0.2) is 0 Å². The Hall–Kier alpha value is -1.77. The van der Waals surface area contributed by atoms with Gasteiger partial charge in [0, 0.05) is 6.20 Å². The maximum atomic E-state index is 10.8. The van der Waals surface area contributed by atoms with Crippen molar-refractivity contribution in [3.63, 3.8) is 0 Å². The quantitative estimate of drug-likeness (QED) is 0.617. The van der Waals surface area contributed by atoms with Crippen LogP contribution in [0.25, 0.3) is 0 Å². The van der Waals surface area contributed by atoms with Crippen LogP contribution in [0.2, 0.25) is 0 Å². The third-order valence-electron chi connectivity index (χ3n) is 3.43. The summed E-state index contributed by atoms with van der Waals surface area (Å²) in [6, 6.07) is 8.52. The summed E-state index contributed by atoms with van der Waals surface area (Å²) in [5.74, 6) is 0. The lowest BCUT2D eigenvalue weighted by Gasteiger charge is -2.19. The highest BCUT2D eigenvalue weighted by atomic mass is 16.1. The molecule has 1 aromatic rings. The monoisotopic (exact) mass is 230 g/mol. The van der Waals surface area contributed by atoms with Crippen LogP contribution in [-0.4, -0.2) is 6.29 Å². The van der Waals surface area contributed by atoms with Crippen LogP contribution < -0.4 is 11.1 Å². The number of allylic oxidation sites excluding steroid dienone is 1. The smallest absolute Gasteiger partial charge is 0.167 e. The number of nitrogens with two attached hydrogens (primary N) is 1. The van der Waals surface area contributed by atoms with E-state index in [1.165, 1.54) is 17.3 Å². The molecule has 0 aliphatic heterocycles. The van der Waals surface area contributed by atoms with E-state index in [0.717, 1.165) is 12.7 Å². The lowest BCUT2D eigenvalue weighted by molar-refractivity contribution is -0.105. The number of nitrogens with one attached hydrogen (secondary N) is 1. The normalized spacial score (nSPS) is 22.0. The average molecular weight is 230 g/mol. The summed E-state index contributed by atoms with van der Waals surface area (Å²) >= 11 is 0. The summed E-state index contributed by atoms with van der Waals surface area (Å²) in [6.45, 7) is 4.44. The second kappa shape index (κ2) is 4.24. The van der Waals surface area contributed by atoms with Crippen molar-refractivity contribution in [3.05, 3.63) is 47.3 Å². The number of benzene rings is 1. The predicted octanol–water partition coefficient (Wildman–Crippen LogP) is 2.00. The molecular formula is C14H18N2O. The van der Waals surface area contributed by atoms with Crippen molar-refractivity contribution in [2.45, 2.75) is 31.7 Å². The SMILES string of the molecule is CC1(C)CC(N/C(C=O)=C\N)c2ccccc21. The second-order valence-electron chi connectivity index (χ2n) is 5.11. The molecular weight excluding hydrogens is 212 g/mol. The summed E-state index contributed by atoms with van der Waals surface area (Å²) in [4.78, 5) is 10.8. The Balaban J connectivity index is 2.32. The highest BCUT2D eigenvalue weighted by Gasteiger charge is 2.36. The highest BCUT2D eigenvalue weighted by Crippen LogP contribution is 2.44. The van der Waals surface area contributed by atoms with Crippen molar-refractivity contribution in [1.82, 2.24) is 5.32 Å². The standard InChI is InChI=1S/C14H18N2O/c1-14(2)7-13(16-10(8-15)9-17)11-5-3-4-6-12(11)14/h3-6,8-9,13,16H,7,15H2,1-2H3/b10-8-. The maximum Gasteiger partial charge on any atom is 0.167 e. The molecule has 0 saturated carbocycles. The van der Waals surface area contributed by atoms with Crippen molar-refractivity contribution in [2.75, 3.05) is 0 Å². The number of rotatable bonds is 3. The fourth-order valence-electron chi connectivity index (χ4n) is 2.60. The molecule has 0 saturated heterocycles. The number of carbonyl (C=O) groups excluding carboxylic acids is 1. The van der Waals surface area contributed by atoms with Crippen LogP contribution >= 0.6 is 0 Å². The summed E-state index contributed by atoms with van der Waals surface area (Å²) in [7, 11) is 0. The van der Waals surface area contributed by atoms with Gasteiger partial charge in [-0.15, -0.1) is 0 Å². The minimum absolute atomic E-state index is 0.136. The molecule has 0 fully saturated rings. The molecule has 1 atom stereocenters. The van der Waals surface area contributed by atoms with Crippen LogP contribution in [0.15, 0.2) is 36.2 Å². The molecule has 0 spiro atoms. The Kier molecular flexibility index (Phi) is 2.92. The minimum atomic E-state index is 0.136. The highest BCUT2D eigenvalue weighted by molar-refractivity contribution is 5.72. The van der Waals surface area contributed by atoms with E-state index in [-0.39, 0.29) is 11.5 Å². The summed E-state index contributed by atoms with van der Waals surface area (Å²) in [6.07, 6.45) is 3.05. The molecule has 17 heavy (non-hydrogen) atoms. The summed E-state index contributed by atoms with van der Waals surface area (Å²) in [5.41, 5.74) is 8.59. The van der Waals surface area contributed by atoms with E-state index in [1.807, 2.05) is 6.07 Å². The first kappa shape index (κ1) is 11.7. The van der Waals surface area contributed by atoms with E-state index in [2.05, 4.69) is 37.4 Å². The third-order valence-corrected chi connectivity index (χ3v) is 3.43. The Morgan fingerprint density at radius 3 is 2.82 bits per heavy atom. The molecule has 90 valence electrons. The molecule has 0 bridgehead atoms. The van der Waals surface area contributed by atoms with Gasteiger partial charge in [-0.3, -0.25) is 4.79 Å². The first-order valence-electron chi connectivity index (χ1n) is 5.81. The van der Waals surface area contributed by atoms with Crippen molar-refractivity contribution >= 4 is 6.29 Å². The van der Waals surface area contributed by atoms with Crippen LogP contribution in [0.5, 0.6) is 0 Å². The molecule has 0 amide bonds. The molecule has 3 N–H and O–H groups in total. The van der Waals surface area contributed by atoms with Crippen LogP contribution in [-0.2, 0) is 10.2 Å². The first-order valence-corrected chi connectivity index (χ1v) is 5.81. The number of aldehydes is 1. The number of carbonyl (C=O) groups is 1. The Bertz CT molecular complexity index is 463. The first-order chi connectivity index (χ1) is 8.08. The third kappa shape index (κ3) is 2.05. The second-order valence-corrected chi connectivity index (χ2v) is 5.11. The van der Waals surface area contributed by atoms with Crippen molar-refractivity contribution in [2.24, 2.45) is 5.73 Å². The van der Waals surface area contributed by atoms with E-state index < -0.39 is 0 Å². The fourth-order valence-corrected chi connectivity index (χ4v) is 2.60. The molecule has 0 aromatic heterocycles. The molecule has 3 heteroatoms.